The van der Waals surface area contributed by atoms with E-state index in [-0.39, 0.29) is 24.9 Å². The van der Waals surface area contributed by atoms with Crippen molar-refractivity contribution in [3.8, 4) is 11.4 Å². The number of aromatic nitrogens is 2. The van der Waals surface area contributed by atoms with Gasteiger partial charge in [0, 0.05) is 5.38 Å². The second-order valence-corrected chi connectivity index (χ2v) is 3.99. The fourth-order valence-electron chi connectivity index (χ4n) is 1.17. The number of nitrogens with zero attached hydrogens (tertiary/aromatic N) is 2. The first-order chi connectivity index (χ1) is 8.19. The topological polar surface area (TPSA) is 80.9 Å². The number of nitrogens with two attached hydrogens (primary N) is 1. The lowest BCUT2D eigenvalue weighted by Crippen LogP contribution is -2.21. The van der Waals surface area contributed by atoms with Crippen LogP contribution in [0, 0.1) is 5.95 Å². The maximum atomic E-state index is 12.9. The fraction of sp³-hybridized carbons (Fsp3) is 0.100. The van der Waals surface area contributed by atoms with E-state index in [2.05, 4.69) is 15.3 Å². The number of rotatable bonds is 3. The van der Waals surface area contributed by atoms with E-state index in [1.54, 1.807) is 17.5 Å². The molecule has 0 spiro atoms. The van der Waals surface area contributed by atoms with Crippen LogP contribution >= 0.6 is 23.7 Å². The highest BCUT2D eigenvalue weighted by molar-refractivity contribution is 7.14. The molecule has 18 heavy (non-hydrogen) atoms. The number of halogens is 2. The molecule has 96 valence electrons. The highest BCUT2D eigenvalue weighted by Gasteiger charge is 2.08. The summed E-state index contributed by atoms with van der Waals surface area (Å²) in [6, 6.07) is 4.45. The number of thiazole rings is 1. The van der Waals surface area contributed by atoms with Crippen LogP contribution in [-0.2, 0) is 4.79 Å². The average Bonchev–Trinajstić information content (AvgIpc) is 2.77. The lowest BCUT2D eigenvalue weighted by molar-refractivity contribution is -0.114. The summed E-state index contributed by atoms with van der Waals surface area (Å²) in [6.45, 7) is -0.104. The molecule has 0 unspecified atom stereocenters. The molecule has 5 nitrogen and oxygen atoms in total. The van der Waals surface area contributed by atoms with Crippen LogP contribution in [0.15, 0.2) is 23.6 Å². The monoisotopic (exact) mass is 288 g/mol. The minimum atomic E-state index is -0.567. The molecule has 0 radical (unpaired) electrons. The number of carbonyl (C=O) groups excluding carboxylic acids is 1. The standard InChI is InChI=1S/C10H9FN4OS.ClH/c11-8-3-1-2-6(13-8)7-5-17-10(14-7)15-9(16)4-12;/h1-3,5H,4,12H2,(H,14,15,16);1H. The molecule has 2 rings (SSSR count). The van der Waals surface area contributed by atoms with Crippen molar-refractivity contribution in [3.63, 3.8) is 0 Å². The van der Waals surface area contributed by atoms with Gasteiger partial charge < -0.3 is 11.1 Å². The lowest BCUT2D eigenvalue weighted by Gasteiger charge is -1.97. The quantitative estimate of drug-likeness (QED) is 0.842. The van der Waals surface area contributed by atoms with E-state index >= 15 is 0 Å². The molecule has 3 N–H and O–H groups in total. The van der Waals surface area contributed by atoms with Gasteiger partial charge in [-0.25, -0.2) is 9.97 Å². The van der Waals surface area contributed by atoms with Crippen molar-refractivity contribution < 1.29 is 9.18 Å². The van der Waals surface area contributed by atoms with Crippen molar-refractivity contribution in [2.75, 3.05) is 11.9 Å². The third-order valence-electron chi connectivity index (χ3n) is 1.91. The van der Waals surface area contributed by atoms with Crippen molar-refractivity contribution in [1.82, 2.24) is 9.97 Å². The van der Waals surface area contributed by atoms with Gasteiger partial charge in [0.05, 0.1) is 12.2 Å². The molecule has 2 aromatic rings. The summed E-state index contributed by atoms with van der Waals surface area (Å²) in [5, 5.41) is 4.62. The van der Waals surface area contributed by atoms with Crippen LogP contribution in [0.3, 0.4) is 0 Å². The number of carbonyl (C=O) groups is 1. The van der Waals surface area contributed by atoms with E-state index in [9.17, 15) is 9.18 Å². The van der Waals surface area contributed by atoms with Crippen LogP contribution in [0.2, 0.25) is 0 Å². The first-order valence-electron chi connectivity index (χ1n) is 4.77. The van der Waals surface area contributed by atoms with Crippen LogP contribution in [0.1, 0.15) is 0 Å². The Labute approximate surface area is 113 Å². The highest BCUT2D eigenvalue weighted by Crippen LogP contribution is 2.23. The van der Waals surface area contributed by atoms with E-state index in [1.807, 2.05) is 0 Å². The average molecular weight is 289 g/mol. The molecule has 0 saturated heterocycles. The Kier molecular flexibility index (Phi) is 5.14. The third-order valence-corrected chi connectivity index (χ3v) is 2.67. The second kappa shape index (κ2) is 6.39. The van der Waals surface area contributed by atoms with E-state index in [0.717, 1.165) is 0 Å². The summed E-state index contributed by atoms with van der Waals surface area (Å²) in [5.74, 6) is -0.888. The predicted octanol–water partition coefficient (Wildman–Crippen LogP) is 1.66. The number of hydrogen-bond acceptors (Lipinski definition) is 5. The summed E-state index contributed by atoms with van der Waals surface area (Å²) in [4.78, 5) is 18.8. The molecule has 0 aliphatic carbocycles. The first kappa shape index (κ1) is 14.5. The number of amides is 1. The van der Waals surface area contributed by atoms with Gasteiger partial charge in [-0.2, -0.15) is 4.39 Å². The van der Waals surface area contributed by atoms with Crippen molar-refractivity contribution in [3.05, 3.63) is 29.5 Å². The Balaban J connectivity index is 0.00000162. The van der Waals surface area contributed by atoms with E-state index in [1.165, 1.54) is 17.4 Å². The predicted molar refractivity (Wildman–Crippen MR) is 70.2 cm³/mol. The normalized spacial score (nSPS) is 9.67. The summed E-state index contributed by atoms with van der Waals surface area (Å²) in [7, 11) is 0. The lowest BCUT2D eigenvalue weighted by atomic mass is 10.3. The van der Waals surface area contributed by atoms with Crippen molar-refractivity contribution >= 4 is 34.8 Å². The van der Waals surface area contributed by atoms with Crippen LogP contribution in [0.4, 0.5) is 9.52 Å². The zero-order valence-corrected chi connectivity index (χ0v) is 10.7. The SMILES string of the molecule is Cl.NCC(=O)Nc1nc(-c2cccc(F)n2)cs1. The van der Waals surface area contributed by atoms with Crippen molar-refractivity contribution in [2.24, 2.45) is 5.73 Å². The molecule has 0 aliphatic heterocycles. The van der Waals surface area contributed by atoms with Crippen LogP contribution < -0.4 is 11.1 Å². The Morgan fingerprint density at radius 1 is 1.39 bits per heavy atom. The molecular formula is C10H10ClFN4OS. The van der Waals surface area contributed by atoms with Gasteiger partial charge in [-0.1, -0.05) is 6.07 Å². The van der Waals surface area contributed by atoms with Crippen LogP contribution in [0.25, 0.3) is 11.4 Å². The molecule has 2 aromatic heterocycles. The Bertz CT molecular complexity index is 548. The number of nitrogens with one attached hydrogen (secondary N) is 1. The van der Waals surface area contributed by atoms with Crippen molar-refractivity contribution in [1.29, 1.82) is 0 Å². The second-order valence-electron chi connectivity index (χ2n) is 3.14. The molecule has 2 heterocycles. The van der Waals surface area contributed by atoms with Gasteiger partial charge in [-0.05, 0) is 12.1 Å². The third kappa shape index (κ3) is 3.46. The van der Waals surface area contributed by atoms with Crippen molar-refractivity contribution in [2.45, 2.75) is 0 Å². The molecule has 0 saturated carbocycles. The van der Waals surface area contributed by atoms with E-state index in [0.29, 0.717) is 16.5 Å². The van der Waals surface area contributed by atoms with Gasteiger partial charge in [-0.3, -0.25) is 4.79 Å². The van der Waals surface area contributed by atoms with E-state index in [4.69, 9.17) is 5.73 Å². The summed E-state index contributed by atoms with van der Waals surface area (Å²) >= 11 is 1.23. The largest absolute Gasteiger partial charge is 0.322 e. The van der Waals surface area contributed by atoms with Gasteiger partial charge >= 0.3 is 0 Å². The Morgan fingerprint density at radius 2 is 2.17 bits per heavy atom. The van der Waals surface area contributed by atoms with Gasteiger partial charge in [0.25, 0.3) is 0 Å². The molecule has 8 heteroatoms. The van der Waals surface area contributed by atoms with Gasteiger partial charge in [0.2, 0.25) is 11.9 Å². The molecule has 1 amide bonds. The molecule has 0 aromatic carbocycles. The number of pyridine rings is 1. The Hall–Kier alpha value is -1.57. The fourth-order valence-corrected chi connectivity index (χ4v) is 1.89. The maximum absolute atomic E-state index is 12.9. The summed E-state index contributed by atoms with van der Waals surface area (Å²) in [6.07, 6.45) is 0. The zero-order valence-electron chi connectivity index (χ0n) is 9.09. The number of anilines is 1. The van der Waals surface area contributed by atoms with Crippen LogP contribution in [0.5, 0.6) is 0 Å². The zero-order chi connectivity index (χ0) is 12.3. The first-order valence-corrected chi connectivity index (χ1v) is 5.65. The van der Waals surface area contributed by atoms with E-state index < -0.39 is 5.95 Å². The van der Waals surface area contributed by atoms with Gasteiger partial charge in [-0.15, -0.1) is 23.7 Å². The molecule has 0 fully saturated rings. The molecule has 0 bridgehead atoms. The van der Waals surface area contributed by atoms with Crippen LogP contribution in [-0.4, -0.2) is 22.4 Å². The summed E-state index contributed by atoms with van der Waals surface area (Å²) in [5.41, 5.74) is 6.10. The molecular weight excluding hydrogens is 279 g/mol. The number of hydrogen-bond donors (Lipinski definition) is 2. The minimum absolute atomic E-state index is 0. The smallest absolute Gasteiger partial charge is 0.239 e. The highest BCUT2D eigenvalue weighted by atomic mass is 35.5. The van der Waals surface area contributed by atoms with Gasteiger partial charge in [0.1, 0.15) is 5.69 Å². The summed E-state index contributed by atoms with van der Waals surface area (Å²) < 4.78 is 12.9. The molecule has 0 aliphatic rings. The van der Waals surface area contributed by atoms with Gasteiger partial charge in [0.15, 0.2) is 5.13 Å². The molecule has 0 atom stereocenters. The minimum Gasteiger partial charge on any atom is -0.322 e. The Morgan fingerprint density at radius 3 is 2.83 bits per heavy atom. The maximum Gasteiger partial charge on any atom is 0.239 e.